The Labute approximate surface area is 113 Å². The van der Waals surface area contributed by atoms with Gasteiger partial charge >= 0.3 is 0 Å². The number of nitrogens with one attached hydrogen (secondary N) is 1. The summed E-state index contributed by atoms with van der Waals surface area (Å²) in [6.07, 6.45) is 1.87. The summed E-state index contributed by atoms with van der Waals surface area (Å²) in [5.74, 6) is -0.0352. The van der Waals surface area contributed by atoms with E-state index in [1.54, 1.807) is 0 Å². The number of carbonyl (C=O) groups excluding carboxylic acids is 1. The molecule has 0 bridgehead atoms. The van der Waals surface area contributed by atoms with Crippen LogP contribution in [0.2, 0.25) is 0 Å². The van der Waals surface area contributed by atoms with Crippen molar-refractivity contribution in [1.82, 2.24) is 9.88 Å². The van der Waals surface area contributed by atoms with Crippen molar-refractivity contribution in [2.24, 2.45) is 7.05 Å². The van der Waals surface area contributed by atoms with Crippen molar-refractivity contribution in [3.63, 3.8) is 0 Å². The summed E-state index contributed by atoms with van der Waals surface area (Å²) in [5.41, 5.74) is 1.76. The predicted octanol–water partition coefficient (Wildman–Crippen LogP) is 2.07. The summed E-state index contributed by atoms with van der Waals surface area (Å²) < 4.78 is 8.00. The Morgan fingerprint density at radius 1 is 1.50 bits per heavy atom. The summed E-state index contributed by atoms with van der Waals surface area (Å²) >= 11 is 3.44. The van der Waals surface area contributed by atoms with Gasteiger partial charge in [0.2, 0.25) is 0 Å². The zero-order valence-electron chi connectivity index (χ0n) is 9.94. The number of hydrogen-bond acceptors (Lipinski definition) is 2. The van der Waals surface area contributed by atoms with Crippen LogP contribution in [0.1, 0.15) is 10.4 Å². The Bertz CT molecular complexity index is 617. The summed E-state index contributed by atoms with van der Waals surface area (Å²) in [6.45, 7) is 1.22. The number of benzene rings is 1. The Morgan fingerprint density at radius 3 is 2.94 bits per heavy atom. The van der Waals surface area contributed by atoms with Gasteiger partial charge in [0.05, 0.1) is 24.8 Å². The van der Waals surface area contributed by atoms with Crippen molar-refractivity contribution in [3.05, 3.63) is 34.4 Å². The fraction of sp³-hybridized carbons (Fsp3) is 0.308. The number of carbonyl (C=O) groups is 1. The van der Waals surface area contributed by atoms with Gasteiger partial charge in [0, 0.05) is 28.6 Å². The van der Waals surface area contributed by atoms with Crippen molar-refractivity contribution in [1.29, 1.82) is 0 Å². The molecule has 0 spiro atoms. The lowest BCUT2D eigenvalue weighted by molar-refractivity contribution is -0.00343. The van der Waals surface area contributed by atoms with Crippen LogP contribution in [0.15, 0.2) is 28.9 Å². The van der Waals surface area contributed by atoms with E-state index in [0.29, 0.717) is 18.8 Å². The lowest BCUT2D eigenvalue weighted by Crippen LogP contribution is -2.48. The Hall–Kier alpha value is -1.33. The second kappa shape index (κ2) is 4.40. The number of fused-ring (bicyclic) bond motifs is 1. The summed E-state index contributed by atoms with van der Waals surface area (Å²) in [5, 5.41) is 3.93. The number of amides is 1. The van der Waals surface area contributed by atoms with Gasteiger partial charge in [0.25, 0.3) is 5.91 Å². The van der Waals surface area contributed by atoms with Crippen LogP contribution in [0, 0.1) is 0 Å². The maximum atomic E-state index is 12.2. The molecule has 1 aromatic carbocycles. The molecule has 0 radical (unpaired) electrons. The minimum absolute atomic E-state index is 0.0352. The van der Waals surface area contributed by atoms with Crippen LogP contribution in [0.3, 0.4) is 0 Å². The molecule has 1 aromatic heterocycles. The topological polar surface area (TPSA) is 43.3 Å². The van der Waals surface area contributed by atoms with Crippen molar-refractivity contribution >= 4 is 32.7 Å². The van der Waals surface area contributed by atoms with Crippen molar-refractivity contribution in [3.8, 4) is 0 Å². The van der Waals surface area contributed by atoms with Crippen LogP contribution in [0.25, 0.3) is 10.9 Å². The number of hydrogen-bond donors (Lipinski definition) is 1. The van der Waals surface area contributed by atoms with Crippen molar-refractivity contribution < 1.29 is 9.53 Å². The van der Waals surface area contributed by atoms with E-state index in [9.17, 15) is 4.79 Å². The molecule has 4 nitrogen and oxygen atoms in total. The van der Waals surface area contributed by atoms with Gasteiger partial charge in [-0.3, -0.25) is 4.79 Å². The molecule has 94 valence electrons. The minimum Gasteiger partial charge on any atom is -0.377 e. The first-order valence-corrected chi connectivity index (χ1v) is 6.57. The van der Waals surface area contributed by atoms with Crippen LogP contribution in [0.5, 0.6) is 0 Å². The van der Waals surface area contributed by atoms with E-state index < -0.39 is 0 Å². The molecule has 2 heterocycles. The number of nitrogens with zero attached hydrogens (tertiary/aromatic N) is 1. The highest BCUT2D eigenvalue weighted by Gasteiger charge is 2.22. The number of ether oxygens (including phenoxy) is 1. The highest BCUT2D eigenvalue weighted by Crippen LogP contribution is 2.24. The first kappa shape index (κ1) is 11.7. The van der Waals surface area contributed by atoms with Gasteiger partial charge in [-0.1, -0.05) is 15.9 Å². The number of halogens is 1. The van der Waals surface area contributed by atoms with Crippen LogP contribution in [-0.4, -0.2) is 29.7 Å². The van der Waals surface area contributed by atoms with E-state index in [4.69, 9.17) is 4.74 Å². The minimum atomic E-state index is -0.0352. The summed E-state index contributed by atoms with van der Waals surface area (Å²) in [6, 6.07) is 6.11. The van der Waals surface area contributed by atoms with Gasteiger partial charge < -0.3 is 14.6 Å². The molecule has 0 atom stereocenters. The Morgan fingerprint density at radius 2 is 2.28 bits per heavy atom. The normalized spacial score (nSPS) is 15.7. The molecule has 0 aliphatic carbocycles. The molecular formula is C13H13BrN2O2. The van der Waals surface area contributed by atoms with E-state index in [-0.39, 0.29) is 11.9 Å². The van der Waals surface area contributed by atoms with E-state index in [2.05, 4.69) is 21.2 Å². The van der Waals surface area contributed by atoms with Gasteiger partial charge in [0.1, 0.15) is 0 Å². The first-order valence-electron chi connectivity index (χ1n) is 5.78. The van der Waals surface area contributed by atoms with Crippen LogP contribution in [-0.2, 0) is 11.8 Å². The summed E-state index contributed by atoms with van der Waals surface area (Å²) in [4.78, 5) is 12.2. The zero-order chi connectivity index (χ0) is 12.7. The molecule has 1 N–H and O–H groups in total. The third-order valence-electron chi connectivity index (χ3n) is 3.17. The zero-order valence-corrected chi connectivity index (χ0v) is 11.5. The third-order valence-corrected chi connectivity index (χ3v) is 3.66. The molecule has 0 saturated carbocycles. The first-order chi connectivity index (χ1) is 8.65. The average molecular weight is 309 g/mol. The van der Waals surface area contributed by atoms with E-state index in [1.165, 1.54) is 0 Å². The fourth-order valence-electron chi connectivity index (χ4n) is 2.13. The molecule has 1 amide bonds. The lowest BCUT2D eigenvalue weighted by Gasteiger charge is -2.26. The maximum Gasteiger partial charge on any atom is 0.253 e. The second-order valence-corrected chi connectivity index (χ2v) is 5.44. The molecule has 3 rings (SSSR count). The Balaban J connectivity index is 1.99. The van der Waals surface area contributed by atoms with Gasteiger partial charge in [0.15, 0.2) is 0 Å². The fourth-order valence-corrected chi connectivity index (χ4v) is 2.49. The van der Waals surface area contributed by atoms with Crippen LogP contribution in [0.4, 0.5) is 0 Å². The SMILES string of the molecule is Cn1cc(C(=O)NC2COC2)c2cc(Br)ccc21. The van der Waals surface area contributed by atoms with Crippen molar-refractivity contribution in [2.45, 2.75) is 6.04 Å². The maximum absolute atomic E-state index is 12.2. The van der Waals surface area contributed by atoms with Gasteiger partial charge in [-0.15, -0.1) is 0 Å². The average Bonchev–Trinajstić information content (AvgIpc) is 2.61. The number of aromatic nitrogens is 1. The molecule has 18 heavy (non-hydrogen) atoms. The molecule has 1 saturated heterocycles. The quantitative estimate of drug-likeness (QED) is 0.923. The van der Waals surface area contributed by atoms with Gasteiger partial charge in [-0.25, -0.2) is 0 Å². The monoisotopic (exact) mass is 308 g/mol. The number of aryl methyl sites for hydroxylation is 1. The van der Waals surface area contributed by atoms with E-state index in [0.717, 1.165) is 15.4 Å². The largest absolute Gasteiger partial charge is 0.377 e. The highest BCUT2D eigenvalue weighted by molar-refractivity contribution is 9.10. The molecule has 1 fully saturated rings. The highest BCUT2D eigenvalue weighted by atomic mass is 79.9. The van der Waals surface area contributed by atoms with Crippen LogP contribution < -0.4 is 5.32 Å². The molecular weight excluding hydrogens is 296 g/mol. The Kier molecular flexibility index (Phi) is 2.87. The lowest BCUT2D eigenvalue weighted by atomic mass is 10.1. The summed E-state index contributed by atoms with van der Waals surface area (Å²) in [7, 11) is 1.94. The van der Waals surface area contributed by atoms with E-state index >= 15 is 0 Å². The van der Waals surface area contributed by atoms with Crippen molar-refractivity contribution in [2.75, 3.05) is 13.2 Å². The van der Waals surface area contributed by atoms with Crippen LogP contribution >= 0.6 is 15.9 Å². The smallest absolute Gasteiger partial charge is 0.253 e. The molecule has 5 heteroatoms. The van der Waals surface area contributed by atoms with Gasteiger partial charge in [-0.05, 0) is 18.2 Å². The number of rotatable bonds is 2. The molecule has 1 aliphatic heterocycles. The standard InChI is InChI=1S/C13H13BrN2O2/c1-16-5-11(13(17)15-9-6-18-7-9)10-4-8(14)2-3-12(10)16/h2-5,9H,6-7H2,1H3,(H,15,17). The van der Waals surface area contributed by atoms with E-state index in [1.807, 2.05) is 36.0 Å². The van der Waals surface area contributed by atoms with Gasteiger partial charge in [-0.2, -0.15) is 0 Å². The molecule has 1 aliphatic rings. The molecule has 0 unspecified atom stereocenters. The predicted molar refractivity (Wildman–Crippen MR) is 72.7 cm³/mol. The second-order valence-electron chi connectivity index (χ2n) is 4.52. The third kappa shape index (κ3) is 1.93. The molecule has 2 aromatic rings.